The van der Waals surface area contributed by atoms with Gasteiger partial charge in [0.2, 0.25) is 5.91 Å². The Morgan fingerprint density at radius 1 is 1.38 bits per heavy atom. The first kappa shape index (κ1) is 15.9. The molecule has 0 aliphatic heterocycles. The van der Waals surface area contributed by atoms with Gasteiger partial charge in [-0.15, -0.1) is 0 Å². The van der Waals surface area contributed by atoms with E-state index in [0.29, 0.717) is 30.9 Å². The van der Waals surface area contributed by atoms with Crippen LogP contribution in [0.4, 0.5) is 0 Å². The van der Waals surface area contributed by atoms with Gasteiger partial charge in [0, 0.05) is 19.0 Å². The maximum atomic E-state index is 12.3. The van der Waals surface area contributed by atoms with Gasteiger partial charge in [0.25, 0.3) is 0 Å². The fourth-order valence-corrected chi connectivity index (χ4v) is 2.50. The van der Waals surface area contributed by atoms with Crippen molar-refractivity contribution >= 4 is 5.91 Å². The Kier molecular flexibility index (Phi) is 5.66. The van der Waals surface area contributed by atoms with Crippen molar-refractivity contribution in [3.8, 4) is 5.75 Å². The van der Waals surface area contributed by atoms with E-state index in [2.05, 4.69) is 31.7 Å². The number of nitrogens with zero attached hydrogens (tertiary/aromatic N) is 1. The minimum atomic E-state index is 0.291. The average Bonchev–Trinajstić information content (AvgIpc) is 3.25. The Hall–Kier alpha value is -1.51. The molecule has 0 bridgehead atoms. The Bertz CT molecular complexity index is 466. The SMILES string of the molecule is Cc1cccc(OCCCC(=O)N(CC(C)C)C2CC2)c1. The van der Waals surface area contributed by atoms with Crippen molar-refractivity contribution in [2.45, 2.75) is 52.5 Å². The zero-order valence-electron chi connectivity index (χ0n) is 13.5. The summed E-state index contributed by atoms with van der Waals surface area (Å²) in [6, 6.07) is 8.54. The summed E-state index contributed by atoms with van der Waals surface area (Å²) in [6.45, 7) is 7.89. The van der Waals surface area contributed by atoms with Crippen molar-refractivity contribution in [2.75, 3.05) is 13.2 Å². The van der Waals surface area contributed by atoms with Crippen LogP contribution in [-0.4, -0.2) is 30.0 Å². The summed E-state index contributed by atoms with van der Waals surface area (Å²) < 4.78 is 5.70. The lowest BCUT2D eigenvalue weighted by Crippen LogP contribution is -2.36. The van der Waals surface area contributed by atoms with Crippen LogP contribution in [0, 0.1) is 12.8 Å². The second-order valence-electron chi connectivity index (χ2n) is 6.44. The Morgan fingerprint density at radius 2 is 2.14 bits per heavy atom. The molecule has 116 valence electrons. The van der Waals surface area contributed by atoms with Crippen molar-refractivity contribution in [3.63, 3.8) is 0 Å². The van der Waals surface area contributed by atoms with Crippen molar-refractivity contribution in [2.24, 2.45) is 5.92 Å². The molecule has 0 radical (unpaired) electrons. The predicted octanol–water partition coefficient (Wildman–Crippen LogP) is 3.80. The lowest BCUT2D eigenvalue weighted by Gasteiger charge is -2.24. The third kappa shape index (κ3) is 5.41. The van der Waals surface area contributed by atoms with Gasteiger partial charge in [-0.1, -0.05) is 26.0 Å². The highest BCUT2D eigenvalue weighted by Gasteiger charge is 2.32. The van der Waals surface area contributed by atoms with Crippen LogP contribution >= 0.6 is 0 Å². The van der Waals surface area contributed by atoms with Gasteiger partial charge in [-0.3, -0.25) is 4.79 Å². The van der Waals surface area contributed by atoms with E-state index in [4.69, 9.17) is 4.74 Å². The molecule has 1 amide bonds. The summed E-state index contributed by atoms with van der Waals surface area (Å²) in [4.78, 5) is 14.4. The molecular weight excluding hydrogens is 262 g/mol. The maximum absolute atomic E-state index is 12.3. The molecule has 1 aliphatic rings. The number of hydrogen-bond donors (Lipinski definition) is 0. The van der Waals surface area contributed by atoms with E-state index in [1.54, 1.807) is 0 Å². The quantitative estimate of drug-likeness (QED) is 0.681. The Balaban J connectivity index is 1.70. The van der Waals surface area contributed by atoms with Crippen LogP contribution in [0.3, 0.4) is 0 Å². The molecular formula is C18H27NO2. The number of amides is 1. The van der Waals surface area contributed by atoms with Crippen LogP contribution in [0.15, 0.2) is 24.3 Å². The first-order valence-electron chi connectivity index (χ1n) is 8.05. The largest absolute Gasteiger partial charge is 0.494 e. The van der Waals surface area contributed by atoms with Gasteiger partial charge in [-0.2, -0.15) is 0 Å². The number of carbonyl (C=O) groups is 1. The van der Waals surface area contributed by atoms with Crippen molar-refractivity contribution in [3.05, 3.63) is 29.8 Å². The number of ether oxygens (including phenoxy) is 1. The molecule has 3 heteroatoms. The fourth-order valence-electron chi connectivity index (χ4n) is 2.50. The molecule has 0 heterocycles. The van der Waals surface area contributed by atoms with Crippen molar-refractivity contribution < 1.29 is 9.53 Å². The molecule has 0 spiro atoms. The zero-order chi connectivity index (χ0) is 15.2. The van der Waals surface area contributed by atoms with E-state index in [1.165, 1.54) is 18.4 Å². The molecule has 0 aromatic heterocycles. The first-order chi connectivity index (χ1) is 10.1. The maximum Gasteiger partial charge on any atom is 0.222 e. The van der Waals surface area contributed by atoms with Gasteiger partial charge in [0.1, 0.15) is 5.75 Å². The van der Waals surface area contributed by atoms with Crippen molar-refractivity contribution in [1.82, 2.24) is 4.90 Å². The second-order valence-corrected chi connectivity index (χ2v) is 6.44. The molecule has 0 N–H and O–H groups in total. The monoisotopic (exact) mass is 289 g/mol. The standard InChI is InChI=1S/C18H27NO2/c1-14(2)13-19(16-9-10-16)18(20)8-5-11-21-17-7-4-6-15(3)12-17/h4,6-7,12,14,16H,5,8-11,13H2,1-3H3. The summed E-state index contributed by atoms with van der Waals surface area (Å²) in [5.74, 6) is 1.72. The number of hydrogen-bond acceptors (Lipinski definition) is 2. The van der Waals surface area contributed by atoms with Gasteiger partial charge in [-0.05, 0) is 49.8 Å². The number of rotatable bonds is 8. The minimum Gasteiger partial charge on any atom is -0.494 e. The molecule has 3 nitrogen and oxygen atoms in total. The third-order valence-electron chi connectivity index (χ3n) is 3.66. The van der Waals surface area contributed by atoms with E-state index < -0.39 is 0 Å². The average molecular weight is 289 g/mol. The summed E-state index contributed by atoms with van der Waals surface area (Å²) in [5.41, 5.74) is 1.19. The Labute approximate surface area is 128 Å². The topological polar surface area (TPSA) is 29.5 Å². The number of carbonyl (C=O) groups excluding carboxylic acids is 1. The normalized spacial score (nSPS) is 14.3. The van der Waals surface area contributed by atoms with E-state index in [0.717, 1.165) is 18.7 Å². The molecule has 1 fully saturated rings. The summed E-state index contributed by atoms with van der Waals surface area (Å²) in [7, 11) is 0. The van der Waals surface area contributed by atoms with Crippen LogP contribution in [0.5, 0.6) is 5.75 Å². The molecule has 2 rings (SSSR count). The van der Waals surface area contributed by atoms with Gasteiger partial charge in [0.15, 0.2) is 0 Å². The van der Waals surface area contributed by atoms with Crippen LogP contribution in [-0.2, 0) is 4.79 Å². The van der Waals surface area contributed by atoms with Crippen LogP contribution in [0.2, 0.25) is 0 Å². The summed E-state index contributed by atoms with van der Waals surface area (Å²) in [5, 5.41) is 0. The summed E-state index contributed by atoms with van der Waals surface area (Å²) in [6.07, 6.45) is 3.74. The lowest BCUT2D eigenvalue weighted by molar-refractivity contribution is -0.132. The first-order valence-corrected chi connectivity index (χ1v) is 8.05. The molecule has 0 unspecified atom stereocenters. The molecule has 1 aliphatic carbocycles. The zero-order valence-corrected chi connectivity index (χ0v) is 13.5. The van der Waals surface area contributed by atoms with Gasteiger partial charge >= 0.3 is 0 Å². The third-order valence-corrected chi connectivity index (χ3v) is 3.66. The minimum absolute atomic E-state index is 0.291. The molecule has 1 aromatic carbocycles. The van der Waals surface area contributed by atoms with E-state index >= 15 is 0 Å². The second kappa shape index (κ2) is 7.48. The molecule has 1 aromatic rings. The van der Waals surface area contributed by atoms with E-state index in [9.17, 15) is 4.79 Å². The molecule has 21 heavy (non-hydrogen) atoms. The van der Waals surface area contributed by atoms with Gasteiger partial charge < -0.3 is 9.64 Å². The van der Waals surface area contributed by atoms with Crippen molar-refractivity contribution in [1.29, 1.82) is 0 Å². The van der Waals surface area contributed by atoms with Gasteiger partial charge in [-0.25, -0.2) is 0 Å². The smallest absolute Gasteiger partial charge is 0.222 e. The fraction of sp³-hybridized carbons (Fsp3) is 0.611. The molecule has 0 saturated heterocycles. The number of aryl methyl sites for hydroxylation is 1. The van der Waals surface area contributed by atoms with E-state index in [1.807, 2.05) is 18.2 Å². The van der Waals surface area contributed by atoms with Crippen LogP contribution in [0.1, 0.15) is 45.1 Å². The highest BCUT2D eigenvalue weighted by Crippen LogP contribution is 2.28. The molecule has 0 atom stereocenters. The highest BCUT2D eigenvalue weighted by molar-refractivity contribution is 5.76. The molecule has 1 saturated carbocycles. The number of benzene rings is 1. The van der Waals surface area contributed by atoms with Crippen LogP contribution < -0.4 is 4.74 Å². The Morgan fingerprint density at radius 3 is 2.76 bits per heavy atom. The van der Waals surface area contributed by atoms with E-state index in [-0.39, 0.29) is 0 Å². The predicted molar refractivity (Wildman–Crippen MR) is 85.5 cm³/mol. The summed E-state index contributed by atoms with van der Waals surface area (Å²) >= 11 is 0. The highest BCUT2D eigenvalue weighted by atomic mass is 16.5. The lowest BCUT2D eigenvalue weighted by atomic mass is 10.2. The van der Waals surface area contributed by atoms with Crippen LogP contribution in [0.25, 0.3) is 0 Å². The van der Waals surface area contributed by atoms with Gasteiger partial charge in [0.05, 0.1) is 6.61 Å².